The summed E-state index contributed by atoms with van der Waals surface area (Å²) in [5, 5.41) is 30.0. The predicted molar refractivity (Wildman–Crippen MR) is 101 cm³/mol. The molecule has 0 fully saturated rings. The van der Waals surface area contributed by atoms with Crippen LogP contribution in [0.3, 0.4) is 0 Å². The third kappa shape index (κ3) is 4.28. The zero-order chi connectivity index (χ0) is 20.3. The molecular formula is C21H22O6. The van der Waals surface area contributed by atoms with Crippen LogP contribution in [0.2, 0.25) is 0 Å². The number of esters is 1. The van der Waals surface area contributed by atoms with Crippen molar-refractivity contribution >= 4 is 12.3 Å². The van der Waals surface area contributed by atoms with Crippen molar-refractivity contribution < 1.29 is 29.6 Å². The number of carbonyl (C=O) groups is 2. The molecule has 0 atom stereocenters. The minimum atomic E-state index is -0.832. The van der Waals surface area contributed by atoms with E-state index in [1.807, 2.05) is 19.9 Å². The van der Waals surface area contributed by atoms with Crippen LogP contribution >= 0.6 is 0 Å². The first-order chi connectivity index (χ1) is 12.6. The summed E-state index contributed by atoms with van der Waals surface area (Å²) in [7, 11) is 0. The van der Waals surface area contributed by atoms with E-state index in [9.17, 15) is 24.9 Å². The Bertz CT molecular complexity index is 913. The molecule has 0 aromatic heterocycles. The molecule has 27 heavy (non-hydrogen) atoms. The molecule has 0 aliphatic rings. The molecule has 0 aliphatic carbocycles. The zero-order valence-electron chi connectivity index (χ0n) is 15.7. The third-order valence-electron chi connectivity index (χ3n) is 4.15. The number of aryl methyl sites for hydroxylation is 2. The summed E-state index contributed by atoms with van der Waals surface area (Å²) in [6, 6.07) is 3.88. The van der Waals surface area contributed by atoms with E-state index in [2.05, 4.69) is 0 Å². The summed E-state index contributed by atoms with van der Waals surface area (Å²) in [4.78, 5) is 23.9. The van der Waals surface area contributed by atoms with Gasteiger partial charge in [-0.05, 0) is 57.4 Å². The van der Waals surface area contributed by atoms with E-state index in [-0.39, 0.29) is 34.8 Å². The van der Waals surface area contributed by atoms with Gasteiger partial charge in [-0.1, -0.05) is 11.6 Å². The van der Waals surface area contributed by atoms with Crippen molar-refractivity contribution in [2.75, 3.05) is 0 Å². The fourth-order valence-corrected chi connectivity index (χ4v) is 2.74. The van der Waals surface area contributed by atoms with Crippen LogP contribution in [0.25, 0.3) is 0 Å². The molecule has 3 N–H and O–H groups in total. The number of hydrogen-bond donors (Lipinski definition) is 3. The Hall–Kier alpha value is -3.28. The molecular weight excluding hydrogens is 348 g/mol. The first-order valence-electron chi connectivity index (χ1n) is 8.34. The van der Waals surface area contributed by atoms with Gasteiger partial charge in [0.1, 0.15) is 28.6 Å². The lowest BCUT2D eigenvalue weighted by molar-refractivity contribution is 0.0729. The Balaban J connectivity index is 2.53. The van der Waals surface area contributed by atoms with Gasteiger partial charge in [0.15, 0.2) is 6.29 Å². The highest BCUT2D eigenvalue weighted by atomic mass is 16.5. The lowest BCUT2D eigenvalue weighted by Crippen LogP contribution is -2.12. The first-order valence-corrected chi connectivity index (χ1v) is 8.34. The number of hydrogen-bond acceptors (Lipinski definition) is 6. The molecule has 0 radical (unpaired) electrons. The minimum Gasteiger partial charge on any atom is -0.508 e. The summed E-state index contributed by atoms with van der Waals surface area (Å²) in [5.74, 6) is -1.55. The molecule has 2 aromatic carbocycles. The summed E-state index contributed by atoms with van der Waals surface area (Å²) >= 11 is 0. The molecule has 6 heteroatoms. The van der Waals surface area contributed by atoms with Crippen molar-refractivity contribution in [1.82, 2.24) is 0 Å². The lowest BCUT2D eigenvalue weighted by atomic mass is 9.99. The molecule has 0 unspecified atom stereocenters. The Morgan fingerprint density at radius 2 is 1.74 bits per heavy atom. The number of phenolic OH excluding ortho intramolecular Hbond substituents is 3. The topological polar surface area (TPSA) is 104 Å². The van der Waals surface area contributed by atoms with Crippen molar-refractivity contribution in [3.05, 3.63) is 57.7 Å². The molecule has 0 heterocycles. The molecule has 6 nitrogen and oxygen atoms in total. The minimum absolute atomic E-state index is 0.0856. The summed E-state index contributed by atoms with van der Waals surface area (Å²) < 4.78 is 5.44. The van der Waals surface area contributed by atoms with Crippen LogP contribution in [-0.2, 0) is 6.42 Å². The maximum Gasteiger partial charge on any atom is 0.347 e. The molecule has 0 saturated carbocycles. The number of rotatable bonds is 5. The number of carbonyl (C=O) groups excluding carboxylic acids is 2. The van der Waals surface area contributed by atoms with Crippen LogP contribution < -0.4 is 4.74 Å². The van der Waals surface area contributed by atoms with Crippen molar-refractivity contribution in [1.29, 1.82) is 0 Å². The van der Waals surface area contributed by atoms with Gasteiger partial charge in [-0.3, -0.25) is 4.79 Å². The standard InChI is InChI=1S/C21H22O6/c1-11(2)5-6-15-18(8-12(3)16(10-22)20(15)25)27-21(26)19-13(4)7-14(23)9-17(19)24/h5,7-10,23-25H,6H2,1-4H3. The molecule has 0 amide bonds. The van der Waals surface area contributed by atoms with Gasteiger partial charge in [-0.15, -0.1) is 0 Å². The van der Waals surface area contributed by atoms with Crippen LogP contribution in [0.1, 0.15) is 51.3 Å². The average molecular weight is 370 g/mol. The van der Waals surface area contributed by atoms with Gasteiger partial charge >= 0.3 is 5.97 Å². The van der Waals surface area contributed by atoms with Gasteiger partial charge < -0.3 is 20.1 Å². The summed E-state index contributed by atoms with van der Waals surface area (Å²) in [6.07, 6.45) is 2.65. The highest BCUT2D eigenvalue weighted by Gasteiger charge is 2.22. The maximum absolute atomic E-state index is 12.6. The van der Waals surface area contributed by atoms with Crippen LogP contribution in [0.15, 0.2) is 29.8 Å². The second-order valence-electron chi connectivity index (χ2n) is 6.58. The lowest BCUT2D eigenvalue weighted by Gasteiger charge is -2.15. The zero-order valence-corrected chi connectivity index (χ0v) is 15.7. The van der Waals surface area contributed by atoms with Gasteiger partial charge in [-0.25, -0.2) is 4.79 Å². The highest BCUT2D eigenvalue weighted by Crippen LogP contribution is 2.36. The Labute approximate surface area is 157 Å². The van der Waals surface area contributed by atoms with E-state index in [1.165, 1.54) is 12.1 Å². The fraction of sp³-hybridized carbons (Fsp3) is 0.238. The van der Waals surface area contributed by atoms with Crippen molar-refractivity contribution in [2.24, 2.45) is 0 Å². The molecule has 142 valence electrons. The smallest absolute Gasteiger partial charge is 0.347 e. The molecule has 2 aromatic rings. The number of aldehydes is 1. The number of allylic oxidation sites excluding steroid dienone is 2. The third-order valence-corrected chi connectivity index (χ3v) is 4.15. The second kappa shape index (κ2) is 7.95. The van der Waals surface area contributed by atoms with Crippen molar-refractivity contribution in [3.63, 3.8) is 0 Å². The normalized spacial score (nSPS) is 10.4. The largest absolute Gasteiger partial charge is 0.508 e. The second-order valence-corrected chi connectivity index (χ2v) is 6.58. The molecule has 0 spiro atoms. The van der Waals surface area contributed by atoms with Crippen LogP contribution in [0.4, 0.5) is 0 Å². The first kappa shape index (κ1) is 20.0. The molecule has 0 bridgehead atoms. The number of benzene rings is 2. The van der Waals surface area contributed by atoms with E-state index < -0.39 is 11.7 Å². The summed E-state index contributed by atoms with van der Waals surface area (Å²) in [6.45, 7) is 6.94. The van der Waals surface area contributed by atoms with E-state index in [1.54, 1.807) is 13.8 Å². The van der Waals surface area contributed by atoms with E-state index >= 15 is 0 Å². The fourth-order valence-electron chi connectivity index (χ4n) is 2.74. The SMILES string of the molecule is CC(C)=CCc1c(OC(=O)c2c(C)cc(O)cc2O)cc(C)c(C=O)c1O. The quantitative estimate of drug-likeness (QED) is 0.318. The Morgan fingerprint density at radius 1 is 1.07 bits per heavy atom. The van der Waals surface area contributed by atoms with Gasteiger partial charge in [0, 0.05) is 11.6 Å². The Morgan fingerprint density at radius 3 is 2.30 bits per heavy atom. The Kier molecular flexibility index (Phi) is 5.90. The van der Waals surface area contributed by atoms with E-state index in [4.69, 9.17) is 4.74 Å². The molecule has 2 rings (SSSR count). The van der Waals surface area contributed by atoms with Crippen molar-refractivity contribution in [2.45, 2.75) is 34.1 Å². The summed E-state index contributed by atoms with van der Waals surface area (Å²) in [5.41, 5.74) is 2.14. The number of phenols is 3. The van der Waals surface area contributed by atoms with Gasteiger partial charge in [0.25, 0.3) is 0 Å². The van der Waals surface area contributed by atoms with E-state index in [0.29, 0.717) is 23.0 Å². The predicted octanol–water partition coefficient (Wildman–Crippen LogP) is 3.96. The number of ether oxygens (including phenoxy) is 1. The van der Waals surface area contributed by atoms with Gasteiger partial charge in [0.2, 0.25) is 0 Å². The van der Waals surface area contributed by atoms with Crippen LogP contribution in [0.5, 0.6) is 23.0 Å². The van der Waals surface area contributed by atoms with Gasteiger partial charge in [-0.2, -0.15) is 0 Å². The van der Waals surface area contributed by atoms with Crippen LogP contribution in [0, 0.1) is 13.8 Å². The average Bonchev–Trinajstić information content (AvgIpc) is 2.53. The van der Waals surface area contributed by atoms with Gasteiger partial charge in [0.05, 0.1) is 5.56 Å². The van der Waals surface area contributed by atoms with Crippen LogP contribution in [-0.4, -0.2) is 27.6 Å². The van der Waals surface area contributed by atoms with Crippen molar-refractivity contribution in [3.8, 4) is 23.0 Å². The number of aromatic hydroxyl groups is 3. The monoisotopic (exact) mass is 370 g/mol. The molecule has 0 aliphatic heterocycles. The van der Waals surface area contributed by atoms with E-state index in [0.717, 1.165) is 11.6 Å². The maximum atomic E-state index is 12.6. The molecule has 0 saturated heterocycles. The highest BCUT2D eigenvalue weighted by molar-refractivity contribution is 5.96.